The zero-order valence-corrected chi connectivity index (χ0v) is 19.7. The number of nitrogens with one attached hydrogen (secondary N) is 2. The summed E-state index contributed by atoms with van der Waals surface area (Å²) in [6.07, 6.45) is 2.92. The van der Waals surface area contributed by atoms with E-state index in [-0.39, 0.29) is 11.3 Å². The fraction of sp³-hybridized carbons (Fsp3) is 0.269. The fourth-order valence-corrected chi connectivity index (χ4v) is 3.23. The monoisotopic (exact) mass is 463 g/mol. The lowest BCUT2D eigenvalue weighted by molar-refractivity contribution is 0.0522. The summed E-state index contributed by atoms with van der Waals surface area (Å²) in [5, 5.41) is 16.2. The number of hydrogen-bond acceptors (Lipinski definition) is 7. The fourth-order valence-electron chi connectivity index (χ4n) is 3.23. The molecule has 0 unspecified atom stereocenters. The maximum atomic E-state index is 11.9. The van der Waals surface area contributed by atoms with Crippen molar-refractivity contribution in [3.05, 3.63) is 77.6 Å². The number of phenolic OH excluding ortho intramolecular Hbond substituents is 1. The van der Waals surface area contributed by atoms with Gasteiger partial charge in [0.2, 0.25) is 0 Å². The van der Waals surface area contributed by atoms with Gasteiger partial charge in [-0.25, -0.2) is 9.59 Å². The molecule has 1 heterocycles. The molecular formula is C26H29N3O5. The molecule has 0 radical (unpaired) electrons. The van der Waals surface area contributed by atoms with Gasteiger partial charge in [0, 0.05) is 25.5 Å². The van der Waals surface area contributed by atoms with Gasteiger partial charge in [-0.15, -0.1) is 0 Å². The van der Waals surface area contributed by atoms with Gasteiger partial charge in [0.15, 0.2) is 0 Å². The number of aromatic nitrogens is 1. The molecule has 2 aromatic carbocycles. The lowest BCUT2D eigenvalue weighted by Crippen LogP contribution is -2.32. The van der Waals surface area contributed by atoms with Crippen LogP contribution in [0.2, 0.25) is 0 Å². The van der Waals surface area contributed by atoms with E-state index < -0.39 is 17.7 Å². The van der Waals surface area contributed by atoms with E-state index in [0.29, 0.717) is 13.1 Å². The predicted molar refractivity (Wildman–Crippen MR) is 130 cm³/mol. The first-order valence-corrected chi connectivity index (χ1v) is 10.8. The molecule has 178 valence electrons. The average molecular weight is 464 g/mol. The van der Waals surface area contributed by atoms with Crippen molar-refractivity contribution in [2.45, 2.75) is 39.5 Å². The summed E-state index contributed by atoms with van der Waals surface area (Å²) in [4.78, 5) is 27.8. The number of esters is 1. The van der Waals surface area contributed by atoms with Crippen LogP contribution >= 0.6 is 0 Å². The normalized spacial score (nSPS) is 10.9. The third-order valence-electron chi connectivity index (χ3n) is 4.79. The highest BCUT2D eigenvalue weighted by Crippen LogP contribution is 2.28. The van der Waals surface area contributed by atoms with E-state index in [9.17, 15) is 14.7 Å². The van der Waals surface area contributed by atoms with Crippen LogP contribution in [-0.2, 0) is 22.6 Å². The number of aromatic hydroxyl groups is 1. The summed E-state index contributed by atoms with van der Waals surface area (Å²) in [5.41, 5.74) is 3.93. The summed E-state index contributed by atoms with van der Waals surface area (Å²) in [5.74, 6) is -0.713. The Bertz CT molecular complexity index is 1170. The Morgan fingerprint density at radius 3 is 2.44 bits per heavy atom. The number of ether oxygens (including phenoxy) is 2. The Morgan fingerprint density at radius 2 is 1.74 bits per heavy atom. The van der Waals surface area contributed by atoms with E-state index >= 15 is 0 Å². The number of alkyl carbamates (subject to hydrolysis) is 1. The second-order valence-corrected chi connectivity index (χ2v) is 8.71. The Balaban J connectivity index is 1.63. The highest BCUT2D eigenvalue weighted by atomic mass is 16.6. The zero-order valence-electron chi connectivity index (χ0n) is 19.7. The molecule has 0 fully saturated rings. The highest BCUT2D eigenvalue weighted by molar-refractivity contribution is 5.93. The minimum Gasteiger partial charge on any atom is -0.507 e. The number of hydrogen-bond donors (Lipinski definition) is 3. The number of pyridine rings is 1. The number of amides is 1. The minimum atomic E-state index is -0.584. The number of methoxy groups -OCH3 is 1. The first kappa shape index (κ1) is 24.6. The van der Waals surface area contributed by atoms with Gasteiger partial charge >= 0.3 is 12.1 Å². The van der Waals surface area contributed by atoms with E-state index in [2.05, 4.69) is 20.4 Å². The minimum absolute atomic E-state index is 0.123. The van der Waals surface area contributed by atoms with Crippen LogP contribution in [0.5, 0.6) is 5.75 Å². The van der Waals surface area contributed by atoms with Crippen molar-refractivity contribution < 1.29 is 24.2 Å². The molecule has 1 aromatic heterocycles. The molecule has 3 N–H and O–H groups in total. The molecule has 0 aliphatic rings. The number of rotatable bonds is 7. The quantitative estimate of drug-likeness (QED) is 0.429. The van der Waals surface area contributed by atoms with Gasteiger partial charge in [-0.3, -0.25) is 4.98 Å². The third kappa shape index (κ3) is 6.96. The van der Waals surface area contributed by atoms with Gasteiger partial charge in [-0.05, 0) is 67.3 Å². The van der Waals surface area contributed by atoms with Crippen LogP contribution < -0.4 is 10.6 Å². The van der Waals surface area contributed by atoms with E-state index in [1.807, 2.05) is 51.1 Å². The first-order chi connectivity index (χ1) is 16.1. The summed E-state index contributed by atoms with van der Waals surface area (Å²) < 4.78 is 9.92. The molecular weight excluding hydrogens is 434 g/mol. The predicted octanol–water partition coefficient (Wildman–Crippen LogP) is 4.88. The third-order valence-corrected chi connectivity index (χ3v) is 4.79. The van der Waals surface area contributed by atoms with Crippen LogP contribution in [0.15, 0.2) is 60.9 Å². The molecule has 0 bridgehead atoms. The molecule has 0 aliphatic heterocycles. The van der Waals surface area contributed by atoms with Crippen LogP contribution in [0.1, 0.15) is 42.3 Å². The van der Waals surface area contributed by atoms with E-state index in [1.54, 1.807) is 30.6 Å². The molecule has 0 saturated carbocycles. The number of nitrogens with zero attached hydrogens (tertiary/aromatic N) is 1. The van der Waals surface area contributed by atoms with Crippen molar-refractivity contribution in [1.82, 2.24) is 10.3 Å². The van der Waals surface area contributed by atoms with Crippen molar-refractivity contribution >= 4 is 17.7 Å². The van der Waals surface area contributed by atoms with Crippen LogP contribution in [-0.4, -0.2) is 34.9 Å². The molecule has 34 heavy (non-hydrogen) atoms. The van der Waals surface area contributed by atoms with Crippen LogP contribution in [0.25, 0.3) is 11.1 Å². The number of carbonyl (C=O) groups excluding carboxylic acids is 2. The van der Waals surface area contributed by atoms with E-state index in [0.717, 1.165) is 27.9 Å². The zero-order chi connectivity index (χ0) is 24.7. The van der Waals surface area contributed by atoms with Crippen molar-refractivity contribution in [1.29, 1.82) is 0 Å². The SMILES string of the molecule is COC(=O)c1ccc(-c2cccc(CNc3cncc(CNC(=O)OC(C)(C)C)c3)c2)cc1O. The number of phenols is 1. The lowest BCUT2D eigenvalue weighted by atomic mass is 10.0. The second-order valence-electron chi connectivity index (χ2n) is 8.71. The Hall–Kier alpha value is -4.07. The molecule has 1 amide bonds. The molecule has 8 heteroatoms. The molecule has 8 nitrogen and oxygen atoms in total. The molecule has 3 aromatic rings. The van der Waals surface area contributed by atoms with Gasteiger partial charge in [0.25, 0.3) is 0 Å². The van der Waals surface area contributed by atoms with Crippen molar-refractivity contribution in [3.63, 3.8) is 0 Å². The van der Waals surface area contributed by atoms with E-state index in [1.165, 1.54) is 7.11 Å². The smallest absolute Gasteiger partial charge is 0.407 e. The lowest BCUT2D eigenvalue weighted by Gasteiger charge is -2.19. The molecule has 0 atom stereocenters. The van der Waals surface area contributed by atoms with Gasteiger partial charge in [-0.2, -0.15) is 0 Å². The summed E-state index contributed by atoms with van der Waals surface area (Å²) in [6.45, 7) is 6.29. The summed E-state index contributed by atoms with van der Waals surface area (Å²) in [6, 6.07) is 14.6. The maximum absolute atomic E-state index is 11.9. The Kier molecular flexibility index (Phi) is 7.73. The van der Waals surface area contributed by atoms with Crippen molar-refractivity contribution in [2.24, 2.45) is 0 Å². The van der Waals surface area contributed by atoms with Gasteiger partial charge in [0.05, 0.1) is 12.8 Å². The number of anilines is 1. The summed E-state index contributed by atoms with van der Waals surface area (Å²) >= 11 is 0. The molecule has 3 rings (SSSR count). The number of carbonyl (C=O) groups is 2. The topological polar surface area (TPSA) is 110 Å². The molecule has 0 saturated heterocycles. The molecule has 0 spiro atoms. The first-order valence-electron chi connectivity index (χ1n) is 10.8. The van der Waals surface area contributed by atoms with Crippen molar-refractivity contribution in [2.75, 3.05) is 12.4 Å². The highest BCUT2D eigenvalue weighted by Gasteiger charge is 2.16. The van der Waals surface area contributed by atoms with Gasteiger partial charge in [0.1, 0.15) is 16.9 Å². The van der Waals surface area contributed by atoms with Crippen LogP contribution in [0.4, 0.5) is 10.5 Å². The maximum Gasteiger partial charge on any atom is 0.407 e. The summed E-state index contributed by atoms with van der Waals surface area (Å²) in [7, 11) is 1.27. The number of benzene rings is 2. The second kappa shape index (κ2) is 10.7. The van der Waals surface area contributed by atoms with Gasteiger partial charge < -0.3 is 25.2 Å². The average Bonchev–Trinajstić information content (AvgIpc) is 2.80. The van der Waals surface area contributed by atoms with E-state index in [4.69, 9.17) is 4.74 Å². The standard InChI is InChI=1S/C26H29N3O5/c1-26(2,3)34-25(32)29-15-18-11-21(16-27-13-18)28-14-17-6-5-7-19(10-17)20-8-9-22(23(30)12-20)24(31)33-4/h5-13,16,28,30H,14-15H2,1-4H3,(H,29,32). The Labute approximate surface area is 198 Å². The van der Waals surface area contributed by atoms with Crippen molar-refractivity contribution in [3.8, 4) is 16.9 Å². The largest absolute Gasteiger partial charge is 0.507 e. The Morgan fingerprint density at radius 1 is 0.971 bits per heavy atom. The van der Waals surface area contributed by atoms with Crippen LogP contribution in [0, 0.1) is 0 Å². The van der Waals surface area contributed by atoms with Gasteiger partial charge in [-0.1, -0.05) is 24.3 Å². The van der Waals surface area contributed by atoms with Crippen LogP contribution in [0.3, 0.4) is 0 Å². The molecule has 0 aliphatic carbocycles.